The van der Waals surface area contributed by atoms with Crippen molar-refractivity contribution in [2.75, 3.05) is 6.54 Å². The van der Waals surface area contributed by atoms with Crippen LogP contribution in [0, 0.1) is 5.92 Å². The number of likely N-dealkylation sites (tertiary alicyclic amines) is 1. The number of amides is 2. The van der Waals surface area contributed by atoms with Crippen LogP contribution in [0.5, 0.6) is 0 Å². The van der Waals surface area contributed by atoms with Crippen molar-refractivity contribution in [3.05, 3.63) is 84.7 Å². The molecule has 32 heavy (non-hydrogen) atoms. The zero-order valence-corrected chi connectivity index (χ0v) is 17.8. The minimum absolute atomic E-state index is 0.180. The zero-order chi connectivity index (χ0) is 22.5. The number of carbonyl (C=O) groups excluding carboxylic acids is 2. The fraction of sp³-hybridized carbons (Fsp3) is 0.200. The molecule has 2 aromatic carbocycles. The van der Waals surface area contributed by atoms with Gasteiger partial charge in [-0.05, 0) is 42.7 Å². The molecule has 5 rings (SSSR count). The molecule has 0 aliphatic carbocycles. The molecule has 3 N–H and O–H groups in total. The average molecular weight is 428 g/mol. The van der Waals surface area contributed by atoms with Gasteiger partial charge in [0.15, 0.2) is 0 Å². The van der Waals surface area contributed by atoms with Gasteiger partial charge >= 0.3 is 0 Å². The molecule has 3 heterocycles. The van der Waals surface area contributed by atoms with Gasteiger partial charge in [-0.1, -0.05) is 43.3 Å². The van der Waals surface area contributed by atoms with E-state index in [0.717, 1.165) is 22.4 Å². The molecule has 0 saturated carbocycles. The topological polar surface area (TPSA) is 105 Å². The number of benzene rings is 2. The van der Waals surface area contributed by atoms with E-state index in [-0.39, 0.29) is 11.8 Å². The number of hydrogen-bond acceptors (Lipinski definition) is 4. The fourth-order valence-electron chi connectivity index (χ4n) is 3.88. The van der Waals surface area contributed by atoms with E-state index < -0.39 is 11.9 Å². The van der Waals surface area contributed by atoms with Crippen LogP contribution in [0.25, 0.3) is 22.4 Å². The van der Waals surface area contributed by atoms with Gasteiger partial charge in [0.2, 0.25) is 5.91 Å². The van der Waals surface area contributed by atoms with E-state index >= 15 is 0 Å². The third kappa shape index (κ3) is 4.67. The van der Waals surface area contributed by atoms with Crippen LogP contribution in [0.1, 0.15) is 23.7 Å². The summed E-state index contributed by atoms with van der Waals surface area (Å²) in [6.45, 7) is 2.55. The van der Waals surface area contributed by atoms with Crippen LogP contribution < -0.4 is 5.73 Å². The molecule has 0 spiro atoms. The lowest BCUT2D eigenvalue weighted by atomic mass is 10.1. The lowest BCUT2D eigenvalue weighted by molar-refractivity contribution is -0.121. The van der Waals surface area contributed by atoms with E-state index in [9.17, 15) is 9.59 Å². The SMILES string of the molecule is CC1C[C@@H](C(N)=O)N(C(=O)c2ccc3nc(-c4ccncc4)[nH]c3c2)C1.c1ccccc1. The molecule has 2 atom stereocenters. The number of nitrogens with two attached hydrogens (primary N) is 1. The van der Waals surface area contributed by atoms with Crippen LogP contribution in [-0.4, -0.2) is 44.3 Å². The first-order valence-electron chi connectivity index (χ1n) is 10.5. The lowest BCUT2D eigenvalue weighted by Crippen LogP contribution is -2.43. The molecule has 1 aliphatic heterocycles. The summed E-state index contributed by atoms with van der Waals surface area (Å²) < 4.78 is 0. The molecule has 7 heteroatoms. The number of nitrogens with one attached hydrogen (secondary N) is 1. The molecule has 0 radical (unpaired) electrons. The molecule has 0 bridgehead atoms. The summed E-state index contributed by atoms with van der Waals surface area (Å²) in [6, 6.07) is 20.5. The van der Waals surface area contributed by atoms with Crippen molar-refractivity contribution in [2.24, 2.45) is 11.7 Å². The van der Waals surface area contributed by atoms with Crippen molar-refractivity contribution in [3.63, 3.8) is 0 Å². The second kappa shape index (κ2) is 9.43. The van der Waals surface area contributed by atoms with Crippen LogP contribution in [0.15, 0.2) is 79.1 Å². The summed E-state index contributed by atoms with van der Waals surface area (Å²) in [4.78, 5) is 38.0. The van der Waals surface area contributed by atoms with Gasteiger partial charge in [-0.15, -0.1) is 0 Å². The summed E-state index contributed by atoms with van der Waals surface area (Å²) in [5.74, 6) is 0.341. The van der Waals surface area contributed by atoms with E-state index in [0.29, 0.717) is 18.5 Å². The van der Waals surface area contributed by atoms with Crippen molar-refractivity contribution in [2.45, 2.75) is 19.4 Å². The molecule has 2 aromatic heterocycles. The number of H-pyrrole nitrogens is 1. The minimum Gasteiger partial charge on any atom is -0.368 e. The number of nitrogens with zero attached hydrogens (tertiary/aromatic N) is 3. The lowest BCUT2D eigenvalue weighted by Gasteiger charge is -2.22. The molecule has 7 nitrogen and oxygen atoms in total. The number of primary amides is 1. The molecule has 1 unspecified atom stereocenters. The van der Waals surface area contributed by atoms with E-state index in [1.807, 2.05) is 61.5 Å². The Morgan fingerprint density at radius 1 is 1.03 bits per heavy atom. The predicted molar refractivity (Wildman–Crippen MR) is 124 cm³/mol. The fourth-order valence-corrected chi connectivity index (χ4v) is 3.88. The molecule has 1 saturated heterocycles. The number of pyridine rings is 1. The summed E-state index contributed by atoms with van der Waals surface area (Å²) >= 11 is 0. The van der Waals surface area contributed by atoms with Gasteiger partial charge in [-0.3, -0.25) is 14.6 Å². The van der Waals surface area contributed by atoms with Gasteiger partial charge in [0.05, 0.1) is 11.0 Å². The van der Waals surface area contributed by atoms with Gasteiger partial charge in [0.1, 0.15) is 11.9 Å². The standard InChI is InChI=1S/C19H19N5O2.C6H6/c1-11-8-16(17(20)25)24(10-11)19(26)13-2-3-14-15(9-13)23-18(22-14)12-4-6-21-7-5-12;1-2-4-6-5-3-1/h2-7,9,11,16H,8,10H2,1H3,(H2,20,25)(H,22,23);1-6H/t11?,16-;/m0./s1. The van der Waals surface area contributed by atoms with Crippen LogP contribution in [0.2, 0.25) is 0 Å². The number of carbonyl (C=O) groups is 2. The minimum atomic E-state index is -0.539. The smallest absolute Gasteiger partial charge is 0.254 e. The molecule has 4 aromatic rings. The van der Waals surface area contributed by atoms with Gasteiger partial charge in [0.25, 0.3) is 5.91 Å². The first-order valence-corrected chi connectivity index (χ1v) is 10.5. The van der Waals surface area contributed by atoms with E-state index in [4.69, 9.17) is 5.73 Å². The summed E-state index contributed by atoms with van der Waals surface area (Å²) in [7, 11) is 0. The van der Waals surface area contributed by atoms with E-state index in [1.165, 1.54) is 0 Å². The van der Waals surface area contributed by atoms with Crippen LogP contribution >= 0.6 is 0 Å². The van der Waals surface area contributed by atoms with Crippen molar-refractivity contribution in [1.82, 2.24) is 19.9 Å². The largest absolute Gasteiger partial charge is 0.368 e. The molecule has 1 aliphatic rings. The Morgan fingerprint density at radius 2 is 1.69 bits per heavy atom. The highest BCUT2D eigenvalue weighted by atomic mass is 16.2. The Labute approximate surface area is 186 Å². The number of rotatable bonds is 3. The summed E-state index contributed by atoms with van der Waals surface area (Å²) in [5, 5.41) is 0. The summed E-state index contributed by atoms with van der Waals surface area (Å²) in [6.07, 6.45) is 4.02. The third-order valence-electron chi connectivity index (χ3n) is 5.45. The quantitative estimate of drug-likeness (QED) is 0.521. The highest BCUT2D eigenvalue weighted by molar-refractivity contribution is 6.00. The average Bonchev–Trinajstić information content (AvgIpc) is 3.44. The van der Waals surface area contributed by atoms with Crippen LogP contribution in [-0.2, 0) is 4.79 Å². The molecular formula is C25H25N5O2. The normalized spacial score (nSPS) is 17.6. The maximum Gasteiger partial charge on any atom is 0.254 e. The maximum absolute atomic E-state index is 12.9. The van der Waals surface area contributed by atoms with Crippen LogP contribution in [0.3, 0.4) is 0 Å². The first-order chi connectivity index (χ1) is 15.5. The molecule has 1 fully saturated rings. The maximum atomic E-state index is 12.9. The first kappa shape index (κ1) is 21.2. The Morgan fingerprint density at radius 3 is 2.31 bits per heavy atom. The van der Waals surface area contributed by atoms with Crippen molar-refractivity contribution >= 4 is 22.8 Å². The van der Waals surface area contributed by atoms with Crippen molar-refractivity contribution < 1.29 is 9.59 Å². The number of imidazole rings is 1. The second-order valence-corrected chi connectivity index (χ2v) is 7.92. The highest BCUT2D eigenvalue weighted by Gasteiger charge is 2.37. The Bertz CT molecular complexity index is 1180. The van der Waals surface area contributed by atoms with Gasteiger partial charge in [-0.2, -0.15) is 0 Å². The van der Waals surface area contributed by atoms with E-state index in [1.54, 1.807) is 29.4 Å². The summed E-state index contributed by atoms with van der Waals surface area (Å²) in [5.41, 5.74) is 8.45. The monoisotopic (exact) mass is 427 g/mol. The number of aromatic nitrogens is 3. The molecule has 162 valence electrons. The second-order valence-electron chi connectivity index (χ2n) is 7.92. The molecule has 2 amide bonds. The van der Waals surface area contributed by atoms with Gasteiger partial charge in [-0.25, -0.2) is 4.98 Å². The van der Waals surface area contributed by atoms with Gasteiger partial charge < -0.3 is 15.6 Å². The van der Waals surface area contributed by atoms with Crippen LogP contribution in [0.4, 0.5) is 0 Å². The third-order valence-corrected chi connectivity index (χ3v) is 5.45. The zero-order valence-electron chi connectivity index (χ0n) is 17.8. The number of fused-ring (bicyclic) bond motifs is 1. The Hall–Kier alpha value is -4.00. The Balaban J connectivity index is 0.000000354. The van der Waals surface area contributed by atoms with Crippen molar-refractivity contribution in [1.29, 1.82) is 0 Å². The van der Waals surface area contributed by atoms with Gasteiger partial charge in [0, 0.05) is 30.1 Å². The number of aromatic amines is 1. The molecular weight excluding hydrogens is 402 g/mol. The van der Waals surface area contributed by atoms with E-state index in [2.05, 4.69) is 15.0 Å². The Kier molecular flexibility index (Phi) is 6.26. The predicted octanol–water partition coefficient (Wildman–Crippen LogP) is 3.65. The van der Waals surface area contributed by atoms with Crippen molar-refractivity contribution in [3.8, 4) is 11.4 Å². The highest BCUT2D eigenvalue weighted by Crippen LogP contribution is 2.26. The number of hydrogen-bond donors (Lipinski definition) is 2.